The van der Waals surface area contributed by atoms with Gasteiger partial charge in [-0.3, -0.25) is 4.79 Å². The Labute approximate surface area is 110 Å². The summed E-state index contributed by atoms with van der Waals surface area (Å²) in [5.41, 5.74) is 6.67. The van der Waals surface area contributed by atoms with Crippen molar-refractivity contribution in [2.45, 2.75) is 18.9 Å². The molecule has 0 radical (unpaired) electrons. The Kier molecular flexibility index (Phi) is 2.99. The maximum absolute atomic E-state index is 12.3. The van der Waals surface area contributed by atoms with Gasteiger partial charge >= 0.3 is 0 Å². The van der Waals surface area contributed by atoms with Crippen LogP contribution in [0.15, 0.2) is 5.38 Å². The number of thiazole rings is 1. The predicted octanol–water partition coefficient (Wildman–Crippen LogP) is 0.994. The lowest BCUT2D eigenvalue weighted by Crippen LogP contribution is -2.32. The number of nitrogens with one attached hydrogen (secondary N) is 1. The Morgan fingerprint density at radius 2 is 2.33 bits per heavy atom. The van der Waals surface area contributed by atoms with E-state index in [0.717, 1.165) is 17.6 Å². The van der Waals surface area contributed by atoms with Gasteiger partial charge in [0.1, 0.15) is 5.69 Å². The van der Waals surface area contributed by atoms with E-state index in [9.17, 15) is 4.79 Å². The molecule has 0 unspecified atom stereocenters. The molecule has 2 heterocycles. The van der Waals surface area contributed by atoms with E-state index in [1.807, 2.05) is 17.3 Å². The highest BCUT2D eigenvalue weighted by Gasteiger charge is 2.42. The van der Waals surface area contributed by atoms with Gasteiger partial charge in [-0.15, -0.1) is 11.3 Å². The summed E-state index contributed by atoms with van der Waals surface area (Å²) in [6, 6.07) is 0.142. The number of aromatic nitrogens is 1. The van der Waals surface area contributed by atoms with Crippen LogP contribution in [0.2, 0.25) is 0 Å². The third-order valence-electron chi connectivity index (χ3n) is 3.86. The number of hydrogen-bond acceptors (Lipinski definition) is 5. The lowest BCUT2D eigenvalue weighted by molar-refractivity contribution is 0.0780. The fourth-order valence-electron chi connectivity index (χ4n) is 2.69. The van der Waals surface area contributed by atoms with Gasteiger partial charge in [0.15, 0.2) is 5.13 Å². The smallest absolute Gasteiger partial charge is 0.273 e. The Bertz CT molecular complexity index is 457. The van der Waals surface area contributed by atoms with Crippen molar-refractivity contribution in [1.82, 2.24) is 9.88 Å². The zero-order valence-electron chi connectivity index (χ0n) is 10.4. The monoisotopic (exact) mass is 266 g/mol. The second-order valence-corrected chi connectivity index (χ2v) is 6.02. The first kappa shape index (κ1) is 11.9. The normalized spacial score (nSPS) is 27.6. The molecular formula is C12H18N4OS. The van der Waals surface area contributed by atoms with Crippen LogP contribution in [0.25, 0.3) is 0 Å². The average molecular weight is 266 g/mol. The molecule has 6 heteroatoms. The first-order valence-corrected chi connectivity index (χ1v) is 7.25. The molecule has 1 aliphatic carbocycles. The second kappa shape index (κ2) is 4.51. The van der Waals surface area contributed by atoms with Crippen LogP contribution in [-0.4, -0.2) is 42.0 Å². The van der Waals surface area contributed by atoms with Crippen LogP contribution in [0.3, 0.4) is 0 Å². The number of rotatable bonds is 3. The molecule has 2 atom stereocenters. The second-order valence-electron chi connectivity index (χ2n) is 5.16. The van der Waals surface area contributed by atoms with Gasteiger partial charge in [-0.05, 0) is 24.7 Å². The minimum Gasteiger partial charge on any atom is -0.365 e. The van der Waals surface area contributed by atoms with Crippen molar-refractivity contribution < 1.29 is 4.79 Å². The van der Waals surface area contributed by atoms with E-state index >= 15 is 0 Å². The fraction of sp³-hybridized carbons (Fsp3) is 0.667. The zero-order valence-corrected chi connectivity index (χ0v) is 11.2. The molecule has 1 aliphatic heterocycles. The minimum absolute atomic E-state index is 0.0198. The molecule has 3 N–H and O–H groups in total. The van der Waals surface area contributed by atoms with Crippen LogP contribution in [0, 0.1) is 11.8 Å². The van der Waals surface area contributed by atoms with Crippen LogP contribution < -0.4 is 11.1 Å². The summed E-state index contributed by atoms with van der Waals surface area (Å²) < 4.78 is 0. The Morgan fingerprint density at radius 3 is 2.94 bits per heavy atom. The van der Waals surface area contributed by atoms with Crippen LogP contribution in [0.5, 0.6) is 0 Å². The zero-order chi connectivity index (χ0) is 12.7. The highest BCUT2D eigenvalue weighted by Crippen LogP contribution is 2.41. The van der Waals surface area contributed by atoms with E-state index in [1.54, 1.807) is 0 Å². The SMILES string of the molecule is CNc1nc(C(=O)N2C[C@@H](N)[C@H](C3CC3)C2)cs1. The van der Waals surface area contributed by atoms with Gasteiger partial charge in [-0.2, -0.15) is 0 Å². The fourth-order valence-corrected chi connectivity index (χ4v) is 3.34. The molecule has 0 bridgehead atoms. The number of carbonyl (C=O) groups is 1. The molecule has 0 spiro atoms. The quantitative estimate of drug-likeness (QED) is 0.856. The van der Waals surface area contributed by atoms with Gasteiger partial charge in [0, 0.05) is 31.6 Å². The summed E-state index contributed by atoms with van der Waals surface area (Å²) in [5.74, 6) is 1.27. The third kappa shape index (κ3) is 2.10. The van der Waals surface area contributed by atoms with E-state index in [1.165, 1.54) is 24.2 Å². The van der Waals surface area contributed by atoms with E-state index in [2.05, 4.69) is 10.3 Å². The molecule has 1 amide bonds. The van der Waals surface area contributed by atoms with Crippen molar-refractivity contribution in [2.24, 2.45) is 17.6 Å². The van der Waals surface area contributed by atoms with Crippen molar-refractivity contribution in [1.29, 1.82) is 0 Å². The van der Waals surface area contributed by atoms with Crippen molar-refractivity contribution in [3.63, 3.8) is 0 Å². The van der Waals surface area contributed by atoms with Crippen molar-refractivity contribution in [2.75, 3.05) is 25.5 Å². The number of nitrogens with zero attached hydrogens (tertiary/aromatic N) is 2. The number of carbonyl (C=O) groups excluding carboxylic acids is 1. The highest BCUT2D eigenvalue weighted by molar-refractivity contribution is 7.13. The summed E-state index contributed by atoms with van der Waals surface area (Å²) in [6.45, 7) is 1.48. The van der Waals surface area contributed by atoms with Gasteiger partial charge in [-0.25, -0.2) is 4.98 Å². The topological polar surface area (TPSA) is 71.2 Å². The molecule has 1 aromatic heterocycles. The Hall–Kier alpha value is -1.14. The van der Waals surface area contributed by atoms with Crippen molar-refractivity contribution in [3.8, 4) is 0 Å². The maximum atomic E-state index is 12.3. The third-order valence-corrected chi connectivity index (χ3v) is 4.72. The molecular weight excluding hydrogens is 248 g/mol. The summed E-state index contributed by atoms with van der Waals surface area (Å²) in [5, 5.41) is 5.54. The molecule has 1 saturated heterocycles. The Morgan fingerprint density at radius 1 is 1.56 bits per heavy atom. The first-order chi connectivity index (χ1) is 8.69. The van der Waals surface area contributed by atoms with E-state index in [4.69, 9.17) is 5.73 Å². The lowest BCUT2D eigenvalue weighted by Gasteiger charge is -2.14. The highest BCUT2D eigenvalue weighted by atomic mass is 32.1. The summed E-state index contributed by atoms with van der Waals surface area (Å²) in [7, 11) is 1.81. The standard InChI is InChI=1S/C12H18N4OS/c1-14-12-15-10(6-18-12)11(17)16-4-8(7-2-3-7)9(13)5-16/h6-9H,2-5,13H2,1H3,(H,14,15)/t8-,9+/m0/s1. The van der Waals surface area contributed by atoms with Crippen LogP contribution >= 0.6 is 11.3 Å². The van der Waals surface area contributed by atoms with Crippen molar-refractivity contribution >= 4 is 22.4 Å². The van der Waals surface area contributed by atoms with Gasteiger partial charge in [0.05, 0.1) is 0 Å². The van der Waals surface area contributed by atoms with Crippen molar-refractivity contribution in [3.05, 3.63) is 11.1 Å². The van der Waals surface area contributed by atoms with Gasteiger partial charge in [0.2, 0.25) is 0 Å². The number of anilines is 1. The molecule has 1 saturated carbocycles. The van der Waals surface area contributed by atoms with Crippen LogP contribution in [0.4, 0.5) is 5.13 Å². The van der Waals surface area contributed by atoms with Crippen LogP contribution in [-0.2, 0) is 0 Å². The molecule has 2 fully saturated rings. The summed E-state index contributed by atoms with van der Waals surface area (Å²) in [6.07, 6.45) is 2.56. The number of nitrogens with two attached hydrogens (primary N) is 1. The summed E-state index contributed by atoms with van der Waals surface area (Å²) >= 11 is 1.46. The van der Waals surface area contributed by atoms with Crippen LogP contribution in [0.1, 0.15) is 23.3 Å². The van der Waals surface area contributed by atoms with Gasteiger partial charge in [0.25, 0.3) is 5.91 Å². The number of likely N-dealkylation sites (tertiary alicyclic amines) is 1. The molecule has 3 rings (SSSR count). The van der Waals surface area contributed by atoms with E-state index < -0.39 is 0 Å². The van der Waals surface area contributed by atoms with E-state index in [0.29, 0.717) is 18.2 Å². The molecule has 18 heavy (non-hydrogen) atoms. The molecule has 1 aromatic rings. The Balaban J connectivity index is 1.69. The molecule has 2 aliphatic rings. The van der Waals surface area contributed by atoms with E-state index in [-0.39, 0.29) is 11.9 Å². The average Bonchev–Trinajstić information content (AvgIpc) is 2.97. The number of amides is 1. The maximum Gasteiger partial charge on any atom is 0.273 e. The summed E-state index contributed by atoms with van der Waals surface area (Å²) in [4.78, 5) is 18.4. The molecule has 0 aromatic carbocycles. The minimum atomic E-state index is 0.0198. The number of hydrogen-bond donors (Lipinski definition) is 2. The largest absolute Gasteiger partial charge is 0.365 e. The first-order valence-electron chi connectivity index (χ1n) is 6.37. The molecule has 5 nitrogen and oxygen atoms in total. The lowest BCUT2D eigenvalue weighted by atomic mass is 9.99. The molecule has 98 valence electrons. The van der Waals surface area contributed by atoms with Gasteiger partial charge in [-0.1, -0.05) is 0 Å². The predicted molar refractivity (Wildman–Crippen MR) is 71.8 cm³/mol. The van der Waals surface area contributed by atoms with Gasteiger partial charge < -0.3 is 16.0 Å².